The highest BCUT2D eigenvalue weighted by Gasteiger charge is 2.13. The summed E-state index contributed by atoms with van der Waals surface area (Å²) in [5.74, 6) is 0.297. The first-order valence-corrected chi connectivity index (χ1v) is 6.24. The molecule has 2 rings (SSSR count). The number of benzene rings is 2. The van der Waals surface area contributed by atoms with Gasteiger partial charge in [0.2, 0.25) is 0 Å². The highest BCUT2D eigenvalue weighted by Crippen LogP contribution is 2.31. The molecule has 0 saturated heterocycles. The van der Waals surface area contributed by atoms with Crippen molar-refractivity contribution in [2.45, 2.75) is 13.8 Å². The zero-order valence-corrected chi connectivity index (χ0v) is 11.6. The van der Waals surface area contributed by atoms with Crippen LogP contribution in [0.5, 0.6) is 11.5 Å². The zero-order chi connectivity index (χ0) is 14.0. The molecule has 0 spiro atoms. The molecule has 2 aromatic rings. The maximum absolute atomic E-state index is 14.0. The molecule has 98 valence electrons. The second kappa shape index (κ2) is 5.36. The Balaban J connectivity index is 2.49. The predicted octanol–water partition coefficient (Wildman–Crippen LogP) is 3.87. The molecule has 19 heavy (non-hydrogen) atoms. The van der Waals surface area contributed by atoms with Gasteiger partial charge < -0.3 is 10.5 Å². The minimum atomic E-state index is -0.375. The lowest BCUT2D eigenvalue weighted by Crippen LogP contribution is -2.11. The topological polar surface area (TPSA) is 35.2 Å². The van der Waals surface area contributed by atoms with E-state index in [1.807, 2.05) is 19.1 Å². The standard InChI is InChI=1S/C15H14FNOS/c1-9-5-4-8-12(13(9)16)18-14-10(2)6-3-7-11(14)15(17)19/h3-8H,1-2H3,(H2,17,19). The minimum Gasteiger partial charge on any atom is -0.453 e. The van der Waals surface area contributed by atoms with Crippen molar-refractivity contribution in [2.75, 3.05) is 0 Å². The van der Waals surface area contributed by atoms with Crippen LogP contribution >= 0.6 is 12.2 Å². The molecule has 0 aliphatic rings. The van der Waals surface area contributed by atoms with E-state index < -0.39 is 0 Å². The Hall–Kier alpha value is -1.94. The highest BCUT2D eigenvalue weighted by molar-refractivity contribution is 7.80. The minimum absolute atomic E-state index is 0.173. The summed E-state index contributed by atoms with van der Waals surface area (Å²) in [4.78, 5) is 0.228. The van der Waals surface area contributed by atoms with Crippen LogP contribution < -0.4 is 10.5 Å². The molecule has 0 bridgehead atoms. The van der Waals surface area contributed by atoms with Gasteiger partial charge in [0.15, 0.2) is 11.6 Å². The van der Waals surface area contributed by atoms with Crippen molar-refractivity contribution in [3.8, 4) is 11.5 Å². The first-order chi connectivity index (χ1) is 9.00. The van der Waals surface area contributed by atoms with Gasteiger partial charge in [0.1, 0.15) is 10.7 Å². The van der Waals surface area contributed by atoms with E-state index in [4.69, 9.17) is 22.7 Å². The van der Waals surface area contributed by atoms with E-state index in [1.165, 1.54) is 0 Å². The second-order valence-corrected chi connectivity index (χ2v) is 4.74. The fourth-order valence-corrected chi connectivity index (χ4v) is 1.95. The van der Waals surface area contributed by atoms with Crippen LogP contribution in [0.4, 0.5) is 4.39 Å². The molecule has 0 aliphatic heterocycles. The maximum Gasteiger partial charge on any atom is 0.168 e. The van der Waals surface area contributed by atoms with Gasteiger partial charge in [-0.2, -0.15) is 0 Å². The smallest absolute Gasteiger partial charge is 0.168 e. The number of rotatable bonds is 3. The Bertz CT molecular complexity index is 640. The molecule has 0 atom stereocenters. The Labute approximate surface area is 117 Å². The SMILES string of the molecule is Cc1cccc(Oc2c(C)cccc2C(N)=S)c1F. The van der Waals surface area contributed by atoms with Gasteiger partial charge >= 0.3 is 0 Å². The summed E-state index contributed by atoms with van der Waals surface area (Å²) in [7, 11) is 0. The van der Waals surface area contributed by atoms with E-state index in [1.54, 1.807) is 31.2 Å². The first-order valence-electron chi connectivity index (χ1n) is 5.83. The molecule has 0 aliphatic carbocycles. The third-order valence-corrected chi connectivity index (χ3v) is 3.07. The lowest BCUT2D eigenvalue weighted by atomic mass is 10.1. The molecule has 4 heteroatoms. The average molecular weight is 275 g/mol. The van der Waals surface area contributed by atoms with Gasteiger partial charge in [0.05, 0.1) is 5.56 Å². The Morgan fingerprint density at radius 2 is 1.74 bits per heavy atom. The fraction of sp³-hybridized carbons (Fsp3) is 0.133. The number of para-hydroxylation sites is 1. The molecule has 2 nitrogen and oxygen atoms in total. The number of hydrogen-bond acceptors (Lipinski definition) is 2. The summed E-state index contributed by atoms with van der Waals surface area (Å²) in [5.41, 5.74) is 7.65. The van der Waals surface area contributed by atoms with Gasteiger partial charge in [-0.15, -0.1) is 0 Å². The van der Waals surface area contributed by atoms with E-state index in [2.05, 4.69) is 0 Å². The van der Waals surface area contributed by atoms with Gasteiger partial charge in [-0.1, -0.05) is 36.5 Å². The summed E-state index contributed by atoms with van der Waals surface area (Å²) < 4.78 is 19.6. The Kier molecular flexibility index (Phi) is 3.81. The van der Waals surface area contributed by atoms with Crippen LogP contribution in [-0.2, 0) is 0 Å². The van der Waals surface area contributed by atoms with Crippen LogP contribution in [0, 0.1) is 19.7 Å². The number of halogens is 1. The van der Waals surface area contributed by atoms with Gasteiger partial charge in [-0.3, -0.25) is 0 Å². The van der Waals surface area contributed by atoms with Gasteiger partial charge in [-0.25, -0.2) is 4.39 Å². The summed E-state index contributed by atoms with van der Waals surface area (Å²) >= 11 is 4.99. The largest absolute Gasteiger partial charge is 0.453 e. The molecule has 0 heterocycles. The van der Waals surface area contributed by atoms with Gasteiger partial charge in [-0.05, 0) is 37.1 Å². The van der Waals surface area contributed by atoms with Crippen LogP contribution in [0.15, 0.2) is 36.4 Å². The third kappa shape index (κ3) is 2.74. The molecule has 0 amide bonds. The monoisotopic (exact) mass is 275 g/mol. The fourth-order valence-electron chi connectivity index (χ4n) is 1.79. The first kappa shape index (κ1) is 13.5. The summed E-state index contributed by atoms with van der Waals surface area (Å²) in [5, 5.41) is 0. The highest BCUT2D eigenvalue weighted by atomic mass is 32.1. The number of hydrogen-bond donors (Lipinski definition) is 1. The molecule has 2 N–H and O–H groups in total. The number of thiocarbonyl (C=S) groups is 1. The molecule has 0 radical (unpaired) electrons. The quantitative estimate of drug-likeness (QED) is 0.864. The zero-order valence-electron chi connectivity index (χ0n) is 10.7. The molecule has 0 saturated carbocycles. The molecule has 0 aromatic heterocycles. The van der Waals surface area contributed by atoms with Crippen LogP contribution in [-0.4, -0.2) is 4.99 Å². The van der Waals surface area contributed by atoms with Crippen LogP contribution in [0.2, 0.25) is 0 Å². The van der Waals surface area contributed by atoms with Crippen molar-refractivity contribution in [3.05, 3.63) is 58.9 Å². The number of aryl methyl sites for hydroxylation is 2. The molecular weight excluding hydrogens is 261 g/mol. The number of nitrogens with two attached hydrogens (primary N) is 1. The summed E-state index contributed by atoms with van der Waals surface area (Å²) in [6.45, 7) is 3.55. The lowest BCUT2D eigenvalue weighted by molar-refractivity contribution is 0.437. The van der Waals surface area contributed by atoms with E-state index in [0.717, 1.165) is 5.56 Å². The van der Waals surface area contributed by atoms with Crippen molar-refractivity contribution >= 4 is 17.2 Å². The maximum atomic E-state index is 14.0. The number of ether oxygens (including phenoxy) is 1. The summed E-state index contributed by atoms with van der Waals surface area (Å²) in [6, 6.07) is 10.5. The van der Waals surface area contributed by atoms with Crippen LogP contribution in [0.1, 0.15) is 16.7 Å². The van der Waals surface area contributed by atoms with Crippen molar-refractivity contribution in [1.29, 1.82) is 0 Å². The van der Waals surface area contributed by atoms with Gasteiger partial charge in [0, 0.05) is 0 Å². The second-order valence-electron chi connectivity index (χ2n) is 4.30. The normalized spacial score (nSPS) is 10.3. The predicted molar refractivity (Wildman–Crippen MR) is 78.3 cm³/mol. The Morgan fingerprint density at radius 1 is 1.11 bits per heavy atom. The third-order valence-electron chi connectivity index (χ3n) is 2.85. The van der Waals surface area contributed by atoms with Crippen molar-refractivity contribution < 1.29 is 9.13 Å². The van der Waals surface area contributed by atoms with E-state index in [9.17, 15) is 4.39 Å². The molecule has 0 fully saturated rings. The van der Waals surface area contributed by atoms with E-state index in [0.29, 0.717) is 16.9 Å². The molecule has 0 unspecified atom stereocenters. The lowest BCUT2D eigenvalue weighted by Gasteiger charge is -2.14. The average Bonchev–Trinajstić information content (AvgIpc) is 2.36. The van der Waals surface area contributed by atoms with E-state index >= 15 is 0 Å². The van der Waals surface area contributed by atoms with E-state index in [-0.39, 0.29) is 16.6 Å². The van der Waals surface area contributed by atoms with Crippen LogP contribution in [0.3, 0.4) is 0 Å². The van der Waals surface area contributed by atoms with Crippen LogP contribution in [0.25, 0.3) is 0 Å². The van der Waals surface area contributed by atoms with Crippen molar-refractivity contribution in [3.63, 3.8) is 0 Å². The summed E-state index contributed by atoms with van der Waals surface area (Å²) in [6.07, 6.45) is 0. The molecule has 2 aromatic carbocycles. The Morgan fingerprint density at radius 3 is 2.42 bits per heavy atom. The van der Waals surface area contributed by atoms with Gasteiger partial charge in [0.25, 0.3) is 0 Å². The van der Waals surface area contributed by atoms with Crippen molar-refractivity contribution in [2.24, 2.45) is 5.73 Å². The van der Waals surface area contributed by atoms with Crippen molar-refractivity contribution in [1.82, 2.24) is 0 Å². The molecular formula is C15H14FNOS.